The lowest BCUT2D eigenvalue weighted by molar-refractivity contribution is -0.135. The SMILES string of the molecule is Cc1cccc(N2CCN(C(=O)Cn3nc(C(=O)N4CC[C@@H](O)[C@H](F)C4)c4c3C[C@H]3C[C@@H]43)C3(CC3)C2)c1C. The van der Waals surface area contributed by atoms with Gasteiger partial charge in [-0.15, -0.1) is 0 Å². The minimum absolute atomic E-state index is 0.0675. The van der Waals surface area contributed by atoms with E-state index in [-0.39, 0.29) is 36.9 Å². The fourth-order valence-corrected chi connectivity index (χ4v) is 7.14. The number of halogens is 1. The van der Waals surface area contributed by atoms with Gasteiger partial charge < -0.3 is 19.8 Å². The zero-order chi connectivity index (χ0) is 26.3. The standard InChI is InChI=1S/C29H36FN5O3/c1-17-4-3-5-22(18(17)2)33-10-11-34(29(16-33)7-8-29)25(37)15-35-23-13-19-12-20(19)26(23)27(31-35)28(38)32-9-6-24(36)21(30)14-32/h3-5,19-21,24,36H,6-16H2,1-2H3/t19-,20-,21-,24-/m1/s1. The Morgan fingerprint density at radius 3 is 2.76 bits per heavy atom. The van der Waals surface area contributed by atoms with Crippen LogP contribution in [-0.2, 0) is 17.8 Å². The minimum atomic E-state index is -1.44. The molecule has 1 aromatic carbocycles. The average Bonchev–Trinajstić information content (AvgIpc) is 3.78. The number of rotatable bonds is 4. The maximum atomic E-state index is 14.2. The molecule has 2 aromatic rings. The number of carbonyl (C=O) groups excluding carboxylic acids is 2. The topological polar surface area (TPSA) is 81.9 Å². The smallest absolute Gasteiger partial charge is 0.274 e. The maximum absolute atomic E-state index is 14.2. The lowest BCUT2D eigenvalue weighted by atomic mass is 10.0. The van der Waals surface area contributed by atoms with Gasteiger partial charge in [0.2, 0.25) is 5.91 Å². The van der Waals surface area contributed by atoms with Gasteiger partial charge in [0.25, 0.3) is 5.91 Å². The number of piperazine rings is 1. The van der Waals surface area contributed by atoms with E-state index in [0.717, 1.165) is 50.0 Å². The van der Waals surface area contributed by atoms with Crippen molar-refractivity contribution in [2.45, 2.75) is 76.2 Å². The molecule has 4 atom stereocenters. The first-order valence-corrected chi connectivity index (χ1v) is 14.1. The van der Waals surface area contributed by atoms with Crippen molar-refractivity contribution in [3.05, 3.63) is 46.3 Å². The Bertz CT molecular complexity index is 1320. The van der Waals surface area contributed by atoms with Crippen LogP contribution in [0.5, 0.6) is 0 Å². The monoisotopic (exact) mass is 521 g/mol. The highest BCUT2D eigenvalue weighted by molar-refractivity contribution is 5.95. The molecule has 7 rings (SSSR count). The number of aromatic nitrogens is 2. The molecule has 38 heavy (non-hydrogen) atoms. The molecule has 5 aliphatic rings. The number of fused-ring (bicyclic) bond motifs is 3. The molecule has 0 bridgehead atoms. The molecule has 0 radical (unpaired) electrons. The number of anilines is 1. The fourth-order valence-electron chi connectivity index (χ4n) is 7.14. The zero-order valence-electron chi connectivity index (χ0n) is 22.2. The van der Waals surface area contributed by atoms with Crippen LogP contribution < -0.4 is 4.90 Å². The molecule has 2 saturated heterocycles. The fraction of sp³-hybridized carbons (Fsp3) is 0.621. The lowest BCUT2D eigenvalue weighted by Crippen LogP contribution is -2.58. The molecule has 0 unspecified atom stereocenters. The summed E-state index contributed by atoms with van der Waals surface area (Å²) in [6.07, 6.45) is 1.71. The van der Waals surface area contributed by atoms with Crippen molar-refractivity contribution in [1.29, 1.82) is 0 Å². The normalized spacial score (nSPS) is 28.9. The van der Waals surface area contributed by atoms with Crippen molar-refractivity contribution in [1.82, 2.24) is 19.6 Å². The number of hydrogen-bond acceptors (Lipinski definition) is 5. The molecule has 9 heteroatoms. The van der Waals surface area contributed by atoms with Crippen molar-refractivity contribution in [3.8, 4) is 0 Å². The number of hydrogen-bond donors (Lipinski definition) is 1. The summed E-state index contributed by atoms with van der Waals surface area (Å²) in [5.74, 6) is 0.664. The van der Waals surface area contributed by atoms with Crippen molar-refractivity contribution < 1.29 is 19.1 Å². The Balaban J connectivity index is 1.10. The number of aliphatic hydroxyl groups excluding tert-OH is 1. The molecule has 2 aliphatic heterocycles. The van der Waals surface area contributed by atoms with Gasteiger partial charge in [-0.25, -0.2) is 4.39 Å². The second kappa shape index (κ2) is 8.53. The van der Waals surface area contributed by atoms with Crippen LogP contribution >= 0.6 is 0 Å². The van der Waals surface area contributed by atoms with Crippen LogP contribution in [0, 0.1) is 19.8 Å². The van der Waals surface area contributed by atoms with Gasteiger partial charge in [0.15, 0.2) is 5.69 Å². The second-order valence-corrected chi connectivity index (χ2v) is 12.2. The van der Waals surface area contributed by atoms with Crippen LogP contribution in [0.15, 0.2) is 18.2 Å². The second-order valence-electron chi connectivity index (χ2n) is 12.2. The third-order valence-corrected chi connectivity index (χ3v) is 9.83. The molecule has 4 fully saturated rings. The summed E-state index contributed by atoms with van der Waals surface area (Å²) in [7, 11) is 0. The summed E-state index contributed by atoms with van der Waals surface area (Å²) in [4.78, 5) is 33.1. The molecular formula is C29H36FN5O3. The first-order chi connectivity index (χ1) is 18.3. The van der Waals surface area contributed by atoms with Gasteiger partial charge in [-0.1, -0.05) is 12.1 Å². The van der Waals surface area contributed by atoms with Crippen LogP contribution in [0.3, 0.4) is 0 Å². The molecule has 2 amide bonds. The number of aryl methyl sites for hydroxylation is 1. The third kappa shape index (κ3) is 3.76. The van der Waals surface area contributed by atoms with Crippen LogP contribution in [0.1, 0.15) is 64.5 Å². The third-order valence-electron chi connectivity index (χ3n) is 9.83. The van der Waals surface area contributed by atoms with E-state index < -0.39 is 12.3 Å². The predicted molar refractivity (Wildman–Crippen MR) is 140 cm³/mol. The highest BCUT2D eigenvalue weighted by atomic mass is 19.1. The molecule has 1 N–H and O–H groups in total. The number of alkyl halides is 1. The molecule has 3 aliphatic carbocycles. The van der Waals surface area contributed by atoms with E-state index in [4.69, 9.17) is 5.10 Å². The number of amides is 2. The van der Waals surface area contributed by atoms with Crippen LogP contribution in [-0.4, -0.2) is 87.0 Å². The number of piperidine rings is 1. The summed E-state index contributed by atoms with van der Waals surface area (Å²) in [5, 5.41) is 14.5. The maximum Gasteiger partial charge on any atom is 0.274 e. The predicted octanol–water partition coefficient (Wildman–Crippen LogP) is 2.59. The van der Waals surface area contributed by atoms with Crippen molar-refractivity contribution in [3.63, 3.8) is 0 Å². The number of carbonyl (C=O) groups is 2. The van der Waals surface area contributed by atoms with Gasteiger partial charge >= 0.3 is 0 Å². The molecule has 2 saturated carbocycles. The number of benzene rings is 1. The van der Waals surface area contributed by atoms with Crippen LogP contribution in [0.2, 0.25) is 0 Å². The number of likely N-dealkylation sites (tertiary alicyclic amines) is 1. The van der Waals surface area contributed by atoms with Gasteiger partial charge in [0.05, 0.1) is 18.2 Å². The van der Waals surface area contributed by atoms with Crippen molar-refractivity contribution in [2.75, 3.05) is 37.6 Å². The van der Waals surface area contributed by atoms with Crippen molar-refractivity contribution >= 4 is 17.5 Å². The average molecular weight is 522 g/mol. The summed E-state index contributed by atoms with van der Waals surface area (Å²) in [6, 6.07) is 6.43. The van der Waals surface area contributed by atoms with E-state index in [1.807, 2.05) is 0 Å². The molecule has 8 nitrogen and oxygen atoms in total. The van der Waals surface area contributed by atoms with Gasteiger partial charge in [0.1, 0.15) is 12.7 Å². The Kier molecular flexibility index (Phi) is 5.42. The molecular weight excluding hydrogens is 485 g/mol. The van der Waals surface area contributed by atoms with E-state index in [9.17, 15) is 19.1 Å². The van der Waals surface area contributed by atoms with E-state index in [0.29, 0.717) is 30.6 Å². The quantitative estimate of drug-likeness (QED) is 0.669. The minimum Gasteiger partial charge on any atom is -0.390 e. The van der Waals surface area contributed by atoms with E-state index in [1.54, 1.807) is 4.68 Å². The Hall–Kier alpha value is -2.94. The van der Waals surface area contributed by atoms with E-state index in [1.165, 1.54) is 21.7 Å². The summed E-state index contributed by atoms with van der Waals surface area (Å²) in [6.45, 7) is 6.99. The van der Waals surface area contributed by atoms with Crippen molar-refractivity contribution in [2.24, 2.45) is 5.92 Å². The first kappa shape index (κ1) is 24.1. The summed E-state index contributed by atoms with van der Waals surface area (Å²) < 4.78 is 16.0. The van der Waals surface area contributed by atoms with Crippen LogP contribution in [0.25, 0.3) is 0 Å². The number of aliphatic hydroxyl groups is 1. The van der Waals surface area contributed by atoms with Gasteiger partial charge in [-0.2, -0.15) is 5.10 Å². The molecule has 1 aromatic heterocycles. The molecule has 202 valence electrons. The Morgan fingerprint density at radius 1 is 1.18 bits per heavy atom. The molecule has 1 spiro atoms. The number of nitrogens with zero attached hydrogens (tertiary/aromatic N) is 5. The Morgan fingerprint density at radius 2 is 2.00 bits per heavy atom. The van der Waals surface area contributed by atoms with Gasteiger partial charge in [-0.05, 0) is 75.0 Å². The van der Waals surface area contributed by atoms with Gasteiger partial charge in [-0.3, -0.25) is 14.3 Å². The van der Waals surface area contributed by atoms with Gasteiger partial charge in [0, 0.05) is 43.1 Å². The van der Waals surface area contributed by atoms with Crippen LogP contribution in [0.4, 0.5) is 10.1 Å². The summed E-state index contributed by atoms with van der Waals surface area (Å²) in [5.41, 5.74) is 6.11. The summed E-state index contributed by atoms with van der Waals surface area (Å²) >= 11 is 0. The van der Waals surface area contributed by atoms with E-state index in [2.05, 4.69) is 41.8 Å². The lowest BCUT2D eigenvalue weighted by Gasteiger charge is -2.44. The van der Waals surface area contributed by atoms with E-state index >= 15 is 0 Å². The largest absolute Gasteiger partial charge is 0.390 e. The first-order valence-electron chi connectivity index (χ1n) is 14.1. The Labute approximate surface area is 222 Å². The zero-order valence-corrected chi connectivity index (χ0v) is 22.2. The highest BCUT2D eigenvalue weighted by Gasteiger charge is 2.54. The highest BCUT2D eigenvalue weighted by Crippen LogP contribution is 2.57. The molecule has 3 heterocycles.